The predicted octanol–water partition coefficient (Wildman–Crippen LogP) is 1.45. The SMILES string of the molecule is Nc1ccc(CNC(=O)[C@@H]2CCCN2C(=O)[C@H](N)Cc2ccccc2)cc1. The number of nitrogen functional groups attached to an aromatic ring is 1. The van der Waals surface area contributed by atoms with E-state index in [0.717, 1.165) is 17.5 Å². The van der Waals surface area contributed by atoms with Gasteiger partial charge < -0.3 is 21.7 Å². The standard InChI is InChI=1S/C21H26N4O2/c22-17-10-8-16(9-11-17)14-24-20(26)19-7-4-12-25(19)21(27)18(23)13-15-5-2-1-3-6-15/h1-3,5-6,8-11,18-19H,4,7,12-14,22-23H2,(H,24,26)/t18-,19+/m1/s1. The Morgan fingerprint density at radius 1 is 1.07 bits per heavy atom. The van der Waals surface area contributed by atoms with Gasteiger partial charge >= 0.3 is 0 Å². The first-order valence-electron chi connectivity index (χ1n) is 9.26. The van der Waals surface area contributed by atoms with Crippen LogP contribution in [-0.4, -0.2) is 35.3 Å². The summed E-state index contributed by atoms with van der Waals surface area (Å²) in [7, 11) is 0. The second-order valence-electron chi connectivity index (χ2n) is 6.95. The highest BCUT2D eigenvalue weighted by Crippen LogP contribution is 2.19. The second kappa shape index (κ2) is 8.68. The monoisotopic (exact) mass is 366 g/mol. The van der Waals surface area contributed by atoms with E-state index < -0.39 is 12.1 Å². The van der Waals surface area contributed by atoms with Crippen molar-refractivity contribution >= 4 is 17.5 Å². The van der Waals surface area contributed by atoms with Gasteiger partial charge in [-0.05, 0) is 42.5 Å². The number of anilines is 1. The van der Waals surface area contributed by atoms with Gasteiger partial charge in [-0.2, -0.15) is 0 Å². The summed E-state index contributed by atoms with van der Waals surface area (Å²) in [6.45, 7) is 0.981. The molecule has 0 saturated carbocycles. The van der Waals surface area contributed by atoms with Crippen LogP contribution in [0.25, 0.3) is 0 Å². The molecular weight excluding hydrogens is 340 g/mol. The molecule has 0 bridgehead atoms. The largest absolute Gasteiger partial charge is 0.399 e. The van der Waals surface area contributed by atoms with Crippen LogP contribution < -0.4 is 16.8 Å². The van der Waals surface area contributed by atoms with Gasteiger partial charge in [-0.3, -0.25) is 9.59 Å². The first-order valence-corrected chi connectivity index (χ1v) is 9.26. The topological polar surface area (TPSA) is 101 Å². The van der Waals surface area contributed by atoms with Gasteiger partial charge in [0.1, 0.15) is 6.04 Å². The first kappa shape index (κ1) is 18.9. The average Bonchev–Trinajstić information content (AvgIpc) is 3.17. The van der Waals surface area contributed by atoms with E-state index in [4.69, 9.17) is 11.5 Å². The third kappa shape index (κ3) is 4.86. The number of hydrogen-bond donors (Lipinski definition) is 3. The van der Waals surface area contributed by atoms with E-state index in [1.165, 1.54) is 0 Å². The number of nitrogens with zero attached hydrogens (tertiary/aromatic N) is 1. The molecular formula is C21H26N4O2. The number of nitrogens with two attached hydrogens (primary N) is 2. The lowest BCUT2D eigenvalue weighted by molar-refractivity contribution is -0.139. The Kier molecular flexibility index (Phi) is 6.08. The summed E-state index contributed by atoms with van der Waals surface area (Å²) in [5.41, 5.74) is 14.5. The summed E-state index contributed by atoms with van der Waals surface area (Å²) in [6.07, 6.45) is 1.94. The highest BCUT2D eigenvalue weighted by Gasteiger charge is 2.35. The summed E-state index contributed by atoms with van der Waals surface area (Å²) < 4.78 is 0. The van der Waals surface area contributed by atoms with Crippen LogP contribution in [0, 0.1) is 0 Å². The molecule has 6 heteroatoms. The Hall–Kier alpha value is -2.86. The molecule has 2 aromatic carbocycles. The van der Waals surface area contributed by atoms with Crippen LogP contribution in [0.5, 0.6) is 0 Å². The number of benzene rings is 2. The quantitative estimate of drug-likeness (QED) is 0.674. The second-order valence-corrected chi connectivity index (χ2v) is 6.95. The molecule has 1 aliphatic rings. The minimum Gasteiger partial charge on any atom is -0.399 e. The molecule has 1 saturated heterocycles. The maximum atomic E-state index is 12.8. The maximum absolute atomic E-state index is 12.8. The maximum Gasteiger partial charge on any atom is 0.243 e. The number of hydrogen-bond acceptors (Lipinski definition) is 4. The minimum absolute atomic E-state index is 0.135. The van der Waals surface area contributed by atoms with Crippen molar-refractivity contribution in [1.82, 2.24) is 10.2 Å². The third-order valence-corrected chi connectivity index (χ3v) is 4.90. The van der Waals surface area contributed by atoms with Crippen molar-refractivity contribution in [2.24, 2.45) is 5.73 Å². The van der Waals surface area contributed by atoms with Crippen molar-refractivity contribution in [2.45, 2.75) is 37.9 Å². The molecule has 6 nitrogen and oxygen atoms in total. The minimum atomic E-state index is -0.641. The van der Waals surface area contributed by atoms with Gasteiger partial charge in [0.25, 0.3) is 0 Å². The number of nitrogens with one attached hydrogen (secondary N) is 1. The summed E-state index contributed by atoms with van der Waals surface area (Å²) >= 11 is 0. The fourth-order valence-corrected chi connectivity index (χ4v) is 3.41. The smallest absolute Gasteiger partial charge is 0.243 e. The molecule has 27 heavy (non-hydrogen) atoms. The fourth-order valence-electron chi connectivity index (χ4n) is 3.41. The van der Waals surface area contributed by atoms with E-state index in [9.17, 15) is 9.59 Å². The molecule has 0 unspecified atom stereocenters. The van der Waals surface area contributed by atoms with E-state index in [1.807, 2.05) is 42.5 Å². The Bertz CT molecular complexity index is 777. The molecule has 3 rings (SSSR count). The highest BCUT2D eigenvalue weighted by atomic mass is 16.2. The zero-order valence-corrected chi connectivity index (χ0v) is 15.3. The van der Waals surface area contributed by atoms with Gasteiger partial charge in [-0.15, -0.1) is 0 Å². The van der Waals surface area contributed by atoms with Crippen LogP contribution in [0.1, 0.15) is 24.0 Å². The molecule has 2 aromatic rings. The first-order chi connectivity index (χ1) is 13.0. The molecule has 142 valence electrons. The van der Waals surface area contributed by atoms with Crippen LogP contribution in [-0.2, 0) is 22.6 Å². The molecule has 1 fully saturated rings. The van der Waals surface area contributed by atoms with Crippen LogP contribution in [0.4, 0.5) is 5.69 Å². The lowest BCUT2D eigenvalue weighted by Gasteiger charge is -2.26. The van der Waals surface area contributed by atoms with Gasteiger partial charge in [0, 0.05) is 18.8 Å². The van der Waals surface area contributed by atoms with E-state index >= 15 is 0 Å². The zero-order chi connectivity index (χ0) is 19.2. The Morgan fingerprint density at radius 2 is 1.78 bits per heavy atom. The lowest BCUT2D eigenvalue weighted by atomic mass is 10.1. The summed E-state index contributed by atoms with van der Waals surface area (Å²) in [4.78, 5) is 27.0. The van der Waals surface area contributed by atoms with Crippen LogP contribution in [0.2, 0.25) is 0 Å². The molecule has 0 radical (unpaired) electrons. The Labute approximate surface area is 159 Å². The molecule has 0 aromatic heterocycles. The van der Waals surface area contributed by atoms with E-state index in [0.29, 0.717) is 31.6 Å². The van der Waals surface area contributed by atoms with Gasteiger partial charge in [0.15, 0.2) is 0 Å². The molecule has 2 amide bonds. The zero-order valence-electron chi connectivity index (χ0n) is 15.3. The van der Waals surface area contributed by atoms with Crippen molar-refractivity contribution in [3.63, 3.8) is 0 Å². The normalized spacial score (nSPS) is 17.5. The summed E-state index contributed by atoms with van der Waals surface area (Å²) in [5.74, 6) is -0.298. The van der Waals surface area contributed by atoms with Crippen molar-refractivity contribution in [3.8, 4) is 0 Å². The van der Waals surface area contributed by atoms with Crippen LogP contribution >= 0.6 is 0 Å². The summed E-state index contributed by atoms with van der Waals surface area (Å²) in [6, 6.07) is 16.0. The number of rotatable bonds is 6. The van der Waals surface area contributed by atoms with Crippen molar-refractivity contribution in [1.29, 1.82) is 0 Å². The number of amides is 2. The van der Waals surface area contributed by atoms with E-state index in [1.54, 1.807) is 17.0 Å². The molecule has 1 aliphatic heterocycles. The Balaban J connectivity index is 1.57. The number of carbonyl (C=O) groups excluding carboxylic acids is 2. The Morgan fingerprint density at radius 3 is 2.48 bits per heavy atom. The lowest BCUT2D eigenvalue weighted by Crippen LogP contribution is -2.51. The number of carbonyl (C=O) groups is 2. The summed E-state index contributed by atoms with van der Waals surface area (Å²) in [5, 5.41) is 2.92. The molecule has 2 atom stereocenters. The van der Waals surface area contributed by atoms with Crippen LogP contribution in [0.15, 0.2) is 54.6 Å². The average molecular weight is 366 g/mol. The molecule has 5 N–H and O–H groups in total. The van der Waals surface area contributed by atoms with Gasteiger partial charge in [-0.1, -0.05) is 42.5 Å². The molecule has 0 aliphatic carbocycles. The molecule has 0 spiro atoms. The van der Waals surface area contributed by atoms with Gasteiger partial charge in [0.05, 0.1) is 6.04 Å². The predicted molar refractivity (Wildman–Crippen MR) is 106 cm³/mol. The van der Waals surface area contributed by atoms with Crippen molar-refractivity contribution in [2.75, 3.05) is 12.3 Å². The van der Waals surface area contributed by atoms with E-state index in [2.05, 4.69) is 5.32 Å². The fraction of sp³-hybridized carbons (Fsp3) is 0.333. The highest BCUT2D eigenvalue weighted by molar-refractivity contribution is 5.90. The van der Waals surface area contributed by atoms with Crippen molar-refractivity contribution in [3.05, 3.63) is 65.7 Å². The van der Waals surface area contributed by atoms with Gasteiger partial charge in [0.2, 0.25) is 11.8 Å². The van der Waals surface area contributed by atoms with Crippen LogP contribution in [0.3, 0.4) is 0 Å². The third-order valence-electron chi connectivity index (χ3n) is 4.90. The molecule has 1 heterocycles. The van der Waals surface area contributed by atoms with Crippen molar-refractivity contribution < 1.29 is 9.59 Å². The van der Waals surface area contributed by atoms with E-state index in [-0.39, 0.29) is 11.8 Å². The van der Waals surface area contributed by atoms with Gasteiger partial charge in [-0.25, -0.2) is 0 Å². The number of likely N-dealkylation sites (tertiary alicyclic amines) is 1.